The van der Waals surface area contributed by atoms with Gasteiger partial charge in [0.05, 0.1) is 19.8 Å². The van der Waals surface area contributed by atoms with E-state index in [1.54, 1.807) is 7.05 Å². The molecule has 154 valence electrons. The van der Waals surface area contributed by atoms with Crippen LogP contribution in [0.25, 0.3) is 0 Å². The van der Waals surface area contributed by atoms with Gasteiger partial charge in [0.15, 0.2) is 5.96 Å². The number of halogens is 1. The van der Waals surface area contributed by atoms with E-state index in [-0.39, 0.29) is 42.5 Å². The lowest BCUT2D eigenvalue weighted by Crippen LogP contribution is -2.44. The Kier molecular flexibility index (Phi) is 8.97. The zero-order valence-electron chi connectivity index (χ0n) is 16.1. The van der Waals surface area contributed by atoms with Gasteiger partial charge in [-0.25, -0.2) is 4.79 Å². The van der Waals surface area contributed by atoms with Gasteiger partial charge in [-0.1, -0.05) is 30.3 Å². The van der Waals surface area contributed by atoms with Crippen molar-refractivity contribution in [3.8, 4) is 0 Å². The molecule has 0 spiro atoms. The lowest BCUT2D eigenvalue weighted by atomic mass is 10.1. The summed E-state index contributed by atoms with van der Waals surface area (Å²) in [7, 11) is 1.75. The number of nitrogens with zero attached hydrogens (tertiary/aromatic N) is 3. The Bertz CT molecular complexity index is 669. The molecule has 2 aliphatic heterocycles. The number of aliphatic imine (C=N–C) groups is 1. The second kappa shape index (κ2) is 11.2. The highest BCUT2D eigenvalue weighted by atomic mass is 127. The first-order chi connectivity index (χ1) is 13.2. The molecule has 1 aromatic carbocycles. The maximum Gasteiger partial charge on any atom is 0.324 e. The second-order valence-corrected chi connectivity index (χ2v) is 6.78. The van der Waals surface area contributed by atoms with Crippen molar-refractivity contribution in [2.45, 2.75) is 13.0 Å². The Morgan fingerprint density at radius 2 is 2.11 bits per heavy atom. The quantitative estimate of drug-likeness (QED) is 0.255. The minimum absolute atomic E-state index is 0. The number of hydrogen-bond acceptors (Lipinski definition) is 4. The molecule has 8 nitrogen and oxygen atoms in total. The molecule has 0 saturated carbocycles. The van der Waals surface area contributed by atoms with Crippen molar-refractivity contribution >= 4 is 41.9 Å². The fourth-order valence-electron chi connectivity index (χ4n) is 3.37. The number of imide groups is 1. The van der Waals surface area contributed by atoms with Gasteiger partial charge in [-0.2, -0.15) is 0 Å². The number of amides is 3. The van der Waals surface area contributed by atoms with E-state index in [4.69, 9.17) is 4.74 Å². The van der Waals surface area contributed by atoms with Gasteiger partial charge in [-0.3, -0.25) is 14.7 Å². The maximum absolute atomic E-state index is 11.6. The third-order valence-corrected chi connectivity index (χ3v) is 4.82. The third-order valence-electron chi connectivity index (χ3n) is 4.82. The smallest absolute Gasteiger partial charge is 0.324 e. The van der Waals surface area contributed by atoms with Crippen LogP contribution in [0.4, 0.5) is 4.79 Å². The SMILES string of the molecule is CN=C(NCCN1C(=O)CNC1=O)N1CCC(COCc2ccccc2)C1.I. The van der Waals surface area contributed by atoms with Crippen LogP contribution in [-0.2, 0) is 16.1 Å². The predicted octanol–water partition coefficient (Wildman–Crippen LogP) is 1.27. The monoisotopic (exact) mass is 501 g/mol. The first-order valence-electron chi connectivity index (χ1n) is 9.33. The summed E-state index contributed by atoms with van der Waals surface area (Å²) in [6.07, 6.45) is 1.06. The largest absolute Gasteiger partial charge is 0.376 e. The summed E-state index contributed by atoms with van der Waals surface area (Å²) in [6.45, 7) is 4.07. The first kappa shape index (κ1) is 22.4. The maximum atomic E-state index is 11.6. The van der Waals surface area contributed by atoms with Gasteiger partial charge in [0.1, 0.15) is 0 Å². The van der Waals surface area contributed by atoms with Crippen molar-refractivity contribution < 1.29 is 14.3 Å². The average molecular weight is 501 g/mol. The van der Waals surface area contributed by atoms with Gasteiger partial charge in [0.2, 0.25) is 5.91 Å². The summed E-state index contributed by atoms with van der Waals surface area (Å²) < 4.78 is 5.86. The summed E-state index contributed by atoms with van der Waals surface area (Å²) in [6, 6.07) is 9.85. The number of nitrogens with one attached hydrogen (secondary N) is 2. The van der Waals surface area contributed by atoms with Crippen LogP contribution in [0.15, 0.2) is 35.3 Å². The van der Waals surface area contributed by atoms with Crippen LogP contribution in [-0.4, -0.2) is 74.1 Å². The van der Waals surface area contributed by atoms with E-state index in [1.807, 2.05) is 18.2 Å². The van der Waals surface area contributed by atoms with Gasteiger partial charge >= 0.3 is 6.03 Å². The number of hydrogen-bond donors (Lipinski definition) is 2. The number of carbonyl (C=O) groups is 2. The van der Waals surface area contributed by atoms with Crippen molar-refractivity contribution in [3.05, 3.63) is 35.9 Å². The highest BCUT2D eigenvalue weighted by Gasteiger charge is 2.28. The molecular formula is C19H28IN5O3. The summed E-state index contributed by atoms with van der Waals surface area (Å²) in [5, 5.41) is 5.76. The molecule has 2 saturated heterocycles. The topological polar surface area (TPSA) is 86.3 Å². The summed E-state index contributed by atoms with van der Waals surface area (Å²) in [5.74, 6) is 1.08. The van der Waals surface area contributed by atoms with Crippen LogP contribution < -0.4 is 10.6 Å². The van der Waals surface area contributed by atoms with Gasteiger partial charge in [-0.15, -0.1) is 24.0 Å². The molecule has 0 bridgehead atoms. The standard InChI is InChI=1S/C19H27N5O3.HI/c1-20-18(21-8-10-24-17(25)11-22-19(24)26)23-9-7-16(12-23)14-27-13-15-5-3-2-4-6-15;/h2-6,16H,7-14H2,1H3,(H,20,21)(H,22,26);1H. The summed E-state index contributed by atoms with van der Waals surface area (Å²) in [5.41, 5.74) is 1.19. The van der Waals surface area contributed by atoms with Crippen LogP contribution in [0.3, 0.4) is 0 Å². The number of benzene rings is 1. The number of rotatable bonds is 7. The number of guanidine groups is 1. The van der Waals surface area contributed by atoms with E-state index in [2.05, 4.69) is 32.7 Å². The van der Waals surface area contributed by atoms with Crippen molar-refractivity contribution in [1.82, 2.24) is 20.4 Å². The number of likely N-dealkylation sites (tertiary alicyclic amines) is 1. The molecule has 0 aliphatic carbocycles. The Morgan fingerprint density at radius 1 is 1.32 bits per heavy atom. The lowest BCUT2D eigenvalue weighted by molar-refractivity contribution is -0.124. The number of carbonyl (C=O) groups excluding carboxylic acids is 2. The molecule has 2 fully saturated rings. The minimum atomic E-state index is -0.325. The minimum Gasteiger partial charge on any atom is -0.376 e. The van der Waals surface area contributed by atoms with Crippen molar-refractivity contribution in [3.63, 3.8) is 0 Å². The molecule has 1 unspecified atom stereocenters. The molecule has 3 amide bonds. The van der Waals surface area contributed by atoms with Crippen molar-refractivity contribution in [2.75, 3.05) is 46.4 Å². The first-order valence-corrected chi connectivity index (χ1v) is 9.33. The molecule has 1 aromatic rings. The Hall–Kier alpha value is -1.88. The van der Waals surface area contributed by atoms with Crippen molar-refractivity contribution in [1.29, 1.82) is 0 Å². The molecule has 0 radical (unpaired) electrons. The fraction of sp³-hybridized carbons (Fsp3) is 0.526. The summed E-state index contributed by atoms with van der Waals surface area (Å²) in [4.78, 5) is 30.9. The molecule has 2 heterocycles. The summed E-state index contributed by atoms with van der Waals surface area (Å²) >= 11 is 0. The van der Waals surface area contributed by atoms with E-state index in [1.165, 1.54) is 10.5 Å². The molecule has 0 aromatic heterocycles. The molecule has 1 atom stereocenters. The van der Waals surface area contributed by atoms with Crippen molar-refractivity contribution in [2.24, 2.45) is 10.9 Å². The molecule has 2 N–H and O–H groups in total. The van der Waals surface area contributed by atoms with E-state index < -0.39 is 0 Å². The normalized spacial score (nSPS) is 19.6. The number of urea groups is 1. The molecule has 3 rings (SSSR count). The highest BCUT2D eigenvalue weighted by molar-refractivity contribution is 14.0. The molecular weight excluding hydrogens is 473 g/mol. The Morgan fingerprint density at radius 3 is 2.79 bits per heavy atom. The van der Waals surface area contributed by atoms with Crippen LogP contribution >= 0.6 is 24.0 Å². The predicted molar refractivity (Wildman–Crippen MR) is 118 cm³/mol. The molecule has 9 heteroatoms. The average Bonchev–Trinajstić information content (AvgIpc) is 3.27. The molecule has 28 heavy (non-hydrogen) atoms. The zero-order chi connectivity index (χ0) is 19.1. The highest BCUT2D eigenvalue weighted by Crippen LogP contribution is 2.17. The van der Waals surface area contributed by atoms with E-state index in [0.29, 0.717) is 25.6 Å². The lowest BCUT2D eigenvalue weighted by Gasteiger charge is -2.22. The van der Waals surface area contributed by atoms with Gasteiger partial charge < -0.3 is 20.3 Å². The van der Waals surface area contributed by atoms with Crippen LogP contribution in [0.1, 0.15) is 12.0 Å². The van der Waals surface area contributed by atoms with E-state index in [0.717, 1.165) is 32.1 Å². The second-order valence-electron chi connectivity index (χ2n) is 6.78. The van der Waals surface area contributed by atoms with E-state index >= 15 is 0 Å². The third kappa shape index (κ3) is 6.06. The Balaban J connectivity index is 0.00000280. The van der Waals surface area contributed by atoms with Gasteiger partial charge in [-0.05, 0) is 12.0 Å². The van der Waals surface area contributed by atoms with E-state index in [9.17, 15) is 9.59 Å². The number of ether oxygens (including phenoxy) is 1. The van der Waals surface area contributed by atoms with Crippen LogP contribution in [0.5, 0.6) is 0 Å². The fourth-order valence-corrected chi connectivity index (χ4v) is 3.37. The molecule has 2 aliphatic rings. The van der Waals surface area contributed by atoms with Crippen LogP contribution in [0, 0.1) is 5.92 Å². The Labute approximate surface area is 182 Å². The zero-order valence-corrected chi connectivity index (χ0v) is 18.4. The van der Waals surface area contributed by atoms with Gasteiger partial charge in [0.25, 0.3) is 0 Å². The van der Waals surface area contributed by atoms with Gasteiger partial charge in [0, 0.05) is 39.1 Å². The van der Waals surface area contributed by atoms with Crippen LogP contribution in [0.2, 0.25) is 0 Å².